The van der Waals surface area contributed by atoms with Gasteiger partial charge >= 0.3 is 0 Å². The fourth-order valence-corrected chi connectivity index (χ4v) is 2.39. The van der Waals surface area contributed by atoms with E-state index in [4.69, 9.17) is 0 Å². The molecule has 1 unspecified atom stereocenters. The summed E-state index contributed by atoms with van der Waals surface area (Å²) in [4.78, 5) is 20.6. The van der Waals surface area contributed by atoms with Crippen LogP contribution in [0.1, 0.15) is 28.4 Å². The average molecular weight is 323 g/mol. The number of aliphatic hydroxyl groups excluding tert-OH is 1. The van der Waals surface area contributed by atoms with Gasteiger partial charge < -0.3 is 10.4 Å². The molecule has 0 aliphatic rings. The Hall–Kier alpha value is -3.06. The summed E-state index contributed by atoms with van der Waals surface area (Å²) in [5.41, 5.74) is 1.42. The zero-order valence-electron chi connectivity index (χ0n) is 12.9. The van der Waals surface area contributed by atoms with E-state index in [1.807, 2.05) is 30.3 Å². The van der Waals surface area contributed by atoms with Crippen LogP contribution in [0.15, 0.2) is 61.3 Å². The first-order chi connectivity index (χ1) is 11.8. The third-order valence-electron chi connectivity index (χ3n) is 3.59. The van der Waals surface area contributed by atoms with Gasteiger partial charge in [-0.1, -0.05) is 30.3 Å². The molecule has 1 amide bonds. The van der Waals surface area contributed by atoms with Gasteiger partial charge in [0.05, 0.1) is 6.04 Å². The van der Waals surface area contributed by atoms with Crippen LogP contribution < -0.4 is 5.32 Å². The van der Waals surface area contributed by atoms with Gasteiger partial charge in [0.15, 0.2) is 5.82 Å². The molecule has 0 saturated carbocycles. The summed E-state index contributed by atoms with van der Waals surface area (Å²) in [6.07, 6.45) is 4.91. The Kier molecular flexibility index (Phi) is 4.93. The van der Waals surface area contributed by atoms with Gasteiger partial charge in [-0.2, -0.15) is 5.10 Å². The fraction of sp³-hybridized carbons (Fsp3) is 0.176. The molecule has 0 spiro atoms. The highest BCUT2D eigenvalue weighted by Crippen LogP contribution is 2.17. The number of aromatic nitrogens is 4. The number of hydrogen-bond donors (Lipinski definition) is 2. The number of rotatable bonds is 6. The van der Waals surface area contributed by atoms with Gasteiger partial charge in [-0.15, -0.1) is 0 Å². The smallest absolute Gasteiger partial charge is 0.251 e. The largest absolute Gasteiger partial charge is 0.396 e. The van der Waals surface area contributed by atoms with Gasteiger partial charge in [-0.05, 0) is 24.1 Å². The second-order valence-corrected chi connectivity index (χ2v) is 5.19. The van der Waals surface area contributed by atoms with Crippen molar-refractivity contribution in [3.8, 4) is 5.82 Å². The lowest BCUT2D eigenvalue weighted by Gasteiger charge is -2.18. The topological polar surface area (TPSA) is 92.9 Å². The summed E-state index contributed by atoms with van der Waals surface area (Å²) >= 11 is 0. The number of amides is 1. The maximum Gasteiger partial charge on any atom is 0.251 e. The van der Waals surface area contributed by atoms with Gasteiger partial charge in [-0.3, -0.25) is 4.79 Å². The van der Waals surface area contributed by atoms with Crippen LogP contribution in [-0.2, 0) is 0 Å². The van der Waals surface area contributed by atoms with Crippen LogP contribution in [0.25, 0.3) is 5.82 Å². The molecule has 122 valence electrons. The Bertz CT molecular complexity index is 790. The Labute approximate surface area is 139 Å². The van der Waals surface area contributed by atoms with Crippen LogP contribution in [0.2, 0.25) is 0 Å². The van der Waals surface area contributed by atoms with Crippen molar-refractivity contribution in [3.05, 3.63) is 72.4 Å². The monoisotopic (exact) mass is 323 g/mol. The summed E-state index contributed by atoms with van der Waals surface area (Å²) in [7, 11) is 0. The van der Waals surface area contributed by atoms with E-state index in [2.05, 4.69) is 20.4 Å². The Morgan fingerprint density at radius 2 is 2.08 bits per heavy atom. The second-order valence-electron chi connectivity index (χ2n) is 5.19. The maximum atomic E-state index is 12.6. The van der Waals surface area contributed by atoms with E-state index in [0.29, 0.717) is 17.8 Å². The van der Waals surface area contributed by atoms with E-state index in [0.717, 1.165) is 5.56 Å². The van der Waals surface area contributed by atoms with Gasteiger partial charge in [0, 0.05) is 18.4 Å². The molecule has 0 aliphatic carbocycles. The molecular formula is C17H17N5O2. The predicted octanol–water partition coefficient (Wildman–Crippen LogP) is 1.52. The number of nitrogens with one attached hydrogen (secondary N) is 1. The summed E-state index contributed by atoms with van der Waals surface area (Å²) in [5, 5.41) is 16.2. The minimum atomic E-state index is -0.258. The van der Waals surface area contributed by atoms with Crippen molar-refractivity contribution in [2.75, 3.05) is 6.61 Å². The summed E-state index contributed by atoms with van der Waals surface area (Å²) in [6, 6.07) is 12.6. The van der Waals surface area contributed by atoms with E-state index in [1.54, 1.807) is 18.3 Å². The lowest BCUT2D eigenvalue weighted by Crippen LogP contribution is -2.29. The van der Waals surface area contributed by atoms with Crippen LogP contribution in [0.3, 0.4) is 0 Å². The molecule has 24 heavy (non-hydrogen) atoms. The molecule has 7 nitrogen and oxygen atoms in total. The van der Waals surface area contributed by atoms with Crippen LogP contribution in [-0.4, -0.2) is 37.4 Å². The molecule has 0 radical (unpaired) electrons. The van der Waals surface area contributed by atoms with E-state index in [-0.39, 0.29) is 18.6 Å². The number of hydrogen-bond acceptors (Lipinski definition) is 5. The first-order valence-electron chi connectivity index (χ1n) is 7.55. The third-order valence-corrected chi connectivity index (χ3v) is 3.59. The van der Waals surface area contributed by atoms with Crippen molar-refractivity contribution in [1.82, 2.24) is 25.1 Å². The first kappa shape index (κ1) is 15.8. The van der Waals surface area contributed by atoms with Crippen LogP contribution in [0.4, 0.5) is 0 Å². The number of carbonyl (C=O) groups is 1. The van der Waals surface area contributed by atoms with Crippen molar-refractivity contribution in [2.24, 2.45) is 0 Å². The van der Waals surface area contributed by atoms with Crippen molar-refractivity contribution in [1.29, 1.82) is 0 Å². The van der Waals surface area contributed by atoms with Crippen molar-refractivity contribution in [2.45, 2.75) is 12.5 Å². The normalized spacial score (nSPS) is 11.9. The molecule has 0 fully saturated rings. The number of pyridine rings is 1. The molecule has 3 rings (SSSR count). The average Bonchev–Trinajstić information content (AvgIpc) is 3.17. The highest BCUT2D eigenvalue weighted by Gasteiger charge is 2.16. The molecule has 0 aliphatic heterocycles. The van der Waals surface area contributed by atoms with Gasteiger partial charge in [-0.25, -0.2) is 14.6 Å². The quantitative estimate of drug-likeness (QED) is 0.717. The molecule has 0 saturated heterocycles. The second kappa shape index (κ2) is 7.47. The minimum Gasteiger partial charge on any atom is -0.396 e. The van der Waals surface area contributed by atoms with Gasteiger partial charge in [0.25, 0.3) is 5.91 Å². The Balaban J connectivity index is 1.79. The van der Waals surface area contributed by atoms with Crippen LogP contribution >= 0.6 is 0 Å². The van der Waals surface area contributed by atoms with E-state index in [1.165, 1.54) is 17.3 Å². The van der Waals surface area contributed by atoms with Gasteiger partial charge in [0.2, 0.25) is 0 Å². The number of aliphatic hydroxyl groups is 1. The summed E-state index contributed by atoms with van der Waals surface area (Å²) in [6.45, 7) is -0.0135. The lowest BCUT2D eigenvalue weighted by atomic mass is 10.0. The number of carbonyl (C=O) groups excluding carboxylic acids is 1. The zero-order valence-corrected chi connectivity index (χ0v) is 12.9. The minimum absolute atomic E-state index is 0.0135. The van der Waals surface area contributed by atoms with Gasteiger partial charge in [0.1, 0.15) is 12.7 Å². The first-order valence-corrected chi connectivity index (χ1v) is 7.55. The van der Waals surface area contributed by atoms with Crippen molar-refractivity contribution >= 4 is 5.91 Å². The Morgan fingerprint density at radius 1 is 1.25 bits per heavy atom. The third kappa shape index (κ3) is 3.64. The lowest BCUT2D eigenvalue weighted by molar-refractivity contribution is 0.0930. The number of nitrogens with zero attached hydrogens (tertiary/aromatic N) is 4. The van der Waals surface area contributed by atoms with Crippen molar-refractivity contribution < 1.29 is 9.90 Å². The molecule has 7 heteroatoms. The predicted molar refractivity (Wildman–Crippen MR) is 87.5 cm³/mol. The molecule has 2 heterocycles. The molecule has 2 aromatic heterocycles. The highest BCUT2D eigenvalue weighted by atomic mass is 16.3. The molecule has 1 aromatic carbocycles. The fourth-order valence-electron chi connectivity index (χ4n) is 2.39. The SMILES string of the molecule is O=C(NC(CCO)c1ccccc1)c1ccnc(-n2cncn2)c1. The molecule has 2 N–H and O–H groups in total. The van der Waals surface area contributed by atoms with Crippen LogP contribution in [0, 0.1) is 0 Å². The molecule has 0 bridgehead atoms. The van der Waals surface area contributed by atoms with E-state index in [9.17, 15) is 9.90 Å². The maximum absolute atomic E-state index is 12.6. The summed E-state index contributed by atoms with van der Waals surface area (Å²) < 4.78 is 1.49. The number of benzene rings is 1. The zero-order chi connectivity index (χ0) is 16.8. The molecule has 1 atom stereocenters. The van der Waals surface area contributed by atoms with E-state index >= 15 is 0 Å². The summed E-state index contributed by atoms with van der Waals surface area (Å²) in [5.74, 6) is 0.277. The van der Waals surface area contributed by atoms with Crippen LogP contribution in [0.5, 0.6) is 0 Å². The standard InChI is InChI=1S/C17H17N5O2/c23-9-7-15(13-4-2-1-3-5-13)21-17(24)14-6-8-19-16(10-14)22-12-18-11-20-22/h1-6,8,10-12,15,23H,7,9H2,(H,21,24). The van der Waals surface area contributed by atoms with E-state index < -0.39 is 0 Å². The molecule has 3 aromatic rings. The highest BCUT2D eigenvalue weighted by molar-refractivity contribution is 5.94. The van der Waals surface area contributed by atoms with Crippen molar-refractivity contribution in [3.63, 3.8) is 0 Å². The molecular weight excluding hydrogens is 306 g/mol. The Morgan fingerprint density at radius 3 is 2.79 bits per heavy atom.